The molecule has 130 valence electrons. The summed E-state index contributed by atoms with van der Waals surface area (Å²) in [5.41, 5.74) is 6.06. The van der Waals surface area contributed by atoms with Crippen LogP contribution in [0.5, 0.6) is 0 Å². The molecule has 26 heavy (non-hydrogen) atoms. The quantitative estimate of drug-likeness (QED) is 0.564. The molecule has 0 amide bonds. The van der Waals surface area contributed by atoms with Crippen molar-refractivity contribution in [1.82, 2.24) is 4.98 Å². The lowest BCUT2D eigenvalue weighted by Crippen LogP contribution is -2.09. The number of aromatic nitrogens is 1. The number of ether oxygens (including phenoxy) is 1. The van der Waals surface area contributed by atoms with Crippen LogP contribution in [0, 0.1) is 13.8 Å². The van der Waals surface area contributed by atoms with Crippen molar-refractivity contribution >= 4 is 34.7 Å². The summed E-state index contributed by atoms with van der Waals surface area (Å²) in [6.45, 7) is 4.14. The molecule has 4 heteroatoms. The van der Waals surface area contributed by atoms with Gasteiger partial charge in [0.25, 0.3) is 0 Å². The molecule has 2 heterocycles. The predicted molar refractivity (Wildman–Crippen MR) is 105 cm³/mol. The van der Waals surface area contributed by atoms with Gasteiger partial charge in [-0.05, 0) is 43.2 Å². The number of esters is 1. The molecule has 4 rings (SSSR count). The van der Waals surface area contributed by atoms with Crippen LogP contribution in [0.4, 0.5) is 0 Å². The van der Waals surface area contributed by atoms with Crippen LogP contribution in [0.25, 0.3) is 17.0 Å². The first kappa shape index (κ1) is 16.9. The number of fused-ring (bicyclic) bond motifs is 3. The number of carbonyl (C=O) groups is 1. The lowest BCUT2D eigenvalue weighted by atomic mass is 10.0. The van der Waals surface area contributed by atoms with E-state index in [1.54, 1.807) is 11.8 Å². The topological polar surface area (TPSA) is 39.2 Å². The van der Waals surface area contributed by atoms with E-state index < -0.39 is 0 Å². The Bertz CT molecular complexity index is 1070. The van der Waals surface area contributed by atoms with Crippen molar-refractivity contribution in [1.29, 1.82) is 0 Å². The van der Waals surface area contributed by atoms with Crippen LogP contribution in [0.3, 0.4) is 0 Å². The highest BCUT2D eigenvalue weighted by Gasteiger charge is 2.20. The minimum absolute atomic E-state index is 0.292. The third-order valence-electron chi connectivity index (χ3n) is 4.62. The smallest absolute Gasteiger partial charge is 0.334 e. The van der Waals surface area contributed by atoms with Gasteiger partial charge in [0.15, 0.2) is 0 Å². The van der Waals surface area contributed by atoms with Crippen molar-refractivity contribution in [3.63, 3.8) is 0 Å². The average molecular weight is 361 g/mol. The highest BCUT2D eigenvalue weighted by Crippen LogP contribution is 2.38. The first-order chi connectivity index (χ1) is 12.5. The Hall–Kier alpha value is -2.59. The van der Waals surface area contributed by atoms with Crippen molar-refractivity contribution in [2.75, 3.05) is 7.11 Å². The second-order valence-corrected chi connectivity index (χ2v) is 7.61. The number of carbonyl (C=O) groups excluding carboxylic acids is 1. The number of pyridine rings is 1. The van der Waals surface area contributed by atoms with Crippen LogP contribution in [0.15, 0.2) is 58.0 Å². The Balaban J connectivity index is 1.98. The van der Waals surface area contributed by atoms with Crippen LogP contribution in [-0.2, 0) is 16.0 Å². The number of nitrogens with zero attached hydrogens (tertiary/aromatic N) is 1. The number of aryl methyl sites for hydroxylation is 2. The van der Waals surface area contributed by atoms with Gasteiger partial charge < -0.3 is 4.74 Å². The van der Waals surface area contributed by atoms with E-state index >= 15 is 0 Å². The van der Waals surface area contributed by atoms with Crippen molar-refractivity contribution in [2.45, 2.75) is 30.2 Å². The lowest BCUT2D eigenvalue weighted by Gasteiger charge is -2.17. The lowest BCUT2D eigenvalue weighted by molar-refractivity contribution is -0.136. The summed E-state index contributed by atoms with van der Waals surface area (Å²) < 4.78 is 5.02. The molecule has 1 aliphatic rings. The SMILES string of the molecule is COC(=O)/C1=C/c2cc3cccc(C)c3nc2Sc2ccc(C)cc2C1. The number of hydrogen-bond acceptors (Lipinski definition) is 4. The fourth-order valence-electron chi connectivity index (χ4n) is 3.29. The molecule has 0 radical (unpaired) electrons. The van der Waals surface area contributed by atoms with Gasteiger partial charge in [-0.15, -0.1) is 0 Å². The summed E-state index contributed by atoms with van der Waals surface area (Å²) in [6, 6.07) is 14.6. The molecule has 0 saturated heterocycles. The van der Waals surface area contributed by atoms with E-state index in [1.807, 2.05) is 12.1 Å². The molecule has 1 aromatic heterocycles. The first-order valence-electron chi connectivity index (χ1n) is 8.52. The number of methoxy groups -OCH3 is 1. The van der Waals surface area contributed by atoms with E-state index in [4.69, 9.17) is 9.72 Å². The summed E-state index contributed by atoms with van der Waals surface area (Å²) in [5.74, 6) is -0.292. The van der Waals surface area contributed by atoms with Gasteiger partial charge in [0.05, 0.1) is 12.6 Å². The number of benzene rings is 2. The highest BCUT2D eigenvalue weighted by molar-refractivity contribution is 7.99. The Morgan fingerprint density at radius 2 is 2.00 bits per heavy atom. The fraction of sp³-hybridized carbons (Fsp3) is 0.182. The van der Waals surface area contributed by atoms with Crippen LogP contribution in [0.2, 0.25) is 0 Å². The third kappa shape index (κ3) is 3.01. The molecule has 0 aliphatic carbocycles. The van der Waals surface area contributed by atoms with Crippen molar-refractivity contribution in [3.05, 3.63) is 70.3 Å². The van der Waals surface area contributed by atoms with Gasteiger partial charge >= 0.3 is 5.97 Å². The van der Waals surface area contributed by atoms with E-state index in [-0.39, 0.29) is 5.97 Å². The number of para-hydroxylation sites is 1. The zero-order valence-corrected chi connectivity index (χ0v) is 15.8. The average Bonchev–Trinajstić information content (AvgIpc) is 2.62. The fourth-order valence-corrected chi connectivity index (χ4v) is 4.27. The number of hydrogen-bond donors (Lipinski definition) is 0. The summed E-state index contributed by atoms with van der Waals surface area (Å²) >= 11 is 1.66. The van der Waals surface area contributed by atoms with Gasteiger partial charge in [-0.2, -0.15) is 0 Å². The maximum atomic E-state index is 12.3. The van der Waals surface area contributed by atoms with Crippen molar-refractivity contribution in [3.8, 4) is 0 Å². The minimum Gasteiger partial charge on any atom is -0.466 e. The monoisotopic (exact) mass is 361 g/mol. The second-order valence-electron chi connectivity index (χ2n) is 6.58. The van der Waals surface area contributed by atoms with Gasteiger partial charge in [0, 0.05) is 27.8 Å². The Morgan fingerprint density at radius 3 is 2.81 bits per heavy atom. The Morgan fingerprint density at radius 1 is 1.15 bits per heavy atom. The normalized spacial score (nSPS) is 15.3. The van der Waals surface area contributed by atoms with E-state index in [2.05, 4.69) is 50.2 Å². The summed E-state index contributed by atoms with van der Waals surface area (Å²) in [7, 11) is 1.43. The molecule has 0 atom stereocenters. The molecule has 0 saturated carbocycles. The van der Waals surface area contributed by atoms with Crippen LogP contribution >= 0.6 is 11.8 Å². The largest absolute Gasteiger partial charge is 0.466 e. The Labute approximate surface area is 157 Å². The molecule has 3 nitrogen and oxygen atoms in total. The van der Waals surface area contributed by atoms with Gasteiger partial charge in [-0.25, -0.2) is 9.78 Å². The third-order valence-corrected chi connectivity index (χ3v) is 5.76. The van der Waals surface area contributed by atoms with E-state index in [9.17, 15) is 4.79 Å². The second kappa shape index (κ2) is 6.61. The van der Waals surface area contributed by atoms with E-state index in [0.717, 1.165) is 37.5 Å². The summed E-state index contributed by atoms with van der Waals surface area (Å²) in [4.78, 5) is 18.4. The van der Waals surface area contributed by atoms with E-state index in [0.29, 0.717) is 12.0 Å². The molecular formula is C22H19NO2S. The van der Waals surface area contributed by atoms with Crippen molar-refractivity contribution < 1.29 is 9.53 Å². The molecule has 0 unspecified atom stereocenters. The predicted octanol–water partition coefficient (Wildman–Crippen LogP) is 5.12. The molecule has 2 aromatic carbocycles. The van der Waals surface area contributed by atoms with Crippen LogP contribution in [-0.4, -0.2) is 18.1 Å². The maximum absolute atomic E-state index is 12.3. The van der Waals surface area contributed by atoms with Gasteiger partial charge in [-0.3, -0.25) is 0 Å². The van der Waals surface area contributed by atoms with Gasteiger partial charge in [0.1, 0.15) is 5.03 Å². The van der Waals surface area contributed by atoms with Crippen LogP contribution in [0.1, 0.15) is 22.3 Å². The Kier molecular flexibility index (Phi) is 4.29. The molecule has 1 aliphatic heterocycles. The zero-order valence-electron chi connectivity index (χ0n) is 15.0. The van der Waals surface area contributed by atoms with E-state index in [1.165, 1.54) is 12.7 Å². The van der Waals surface area contributed by atoms with Crippen LogP contribution < -0.4 is 0 Å². The molecule has 3 aromatic rings. The highest BCUT2D eigenvalue weighted by atomic mass is 32.2. The molecule has 0 N–H and O–H groups in total. The minimum atomic E-state index is -0.292. The summed E-state index contributed by atoms with van der Waals surface area (Å²) in [5, 5.41) is 1.99. The first-order valence-corrected chi connectivity index (χ1v) is 9.33. The van der Waals surface area contributed by atoms with Crippen molar-refractivity contribution in [2.24, 2.45) is 0 Å². The molecule has 0 bridgehead atoms. The van der Waals surface area contributed by atoms with Gasteiger partial charge in [0.2, 0.25) is 0 Å². The maximum Gasteiger partial charge on any atom is 0.334 e. The summed E-state index contributed by atoms with van der Waals surface area (Å²) in [6.07, 6.45) is 2.48. The molecule has 0 fully saturated rings. The molecule has 0 spiro atoms. The zero-order chi connectivity index (χ0) is 18.3. The number of rotatable bonds is 1. The standard InChI is InChI=1S/C22H19NO2S/c1-13-7-8-19-16(9-13)11-18(22(24)25-3)12-17-10-15-6-4-5-14(2)20(15)23-21(17)26-19/h4-10,12H,11H2,1-3H3/b18-12+. The van der Waals surface area contributed by atoms with Gasteiger partial charge in [-0.1, -0.05) is 47.7 Å². The molecular weight excluding hydrogens is 342 g/mol.